The third-order valence-corrected chi connectivity index (χ3v) is 14.7. The van der Waals surface area contributed by atoms with Crippen molar-refractivity contribution in [1.29, 1.82) is 0 Å². The second-order valence-corrected chi connectivity index (χ2v) is 16.6. The molecule has 1 N–H and O–H groups in total. The molecule has 6 heteroatoms. The number of aliphatic hydroxyl groups is 1. The van der Waals surface area contributed by atoms with Gasteiger partial charge in [0.1, 0.15) is 0 Å². The van der Waals surface area contributed by atoms with E-state index in [4.69, 9.17) is 13.9 Å². The van der Waals surface area contributed by atoms with E-state index in [2.05, 4.69) is 27.7 Å². The molecule has 1 heterocycles. The Balaban J connectivity index is 1.85. The van der Waals surface area contributed by atoms with Crippen molar-refractivity contribution in [3.05, 3.63) is 11.1 Å². The van der Waals surface area contributed by atoms with Crippen LogP contribution >= 0.6 is 0 Å². The van der Waals surface area contributed by atoms with Crippen molar-refractivity contribution in [2.75, 3.05) is 6.61 Å². The first-order valence-corrected chi connectivity index (χ1v) is 15.9. The molecule has 3 aliphatic carbocycles. The number of hydrogen-bond donors (Lipinski definition) is 1. The average molecular weight is 479 g/mol. The molecule has 0 aromatic carbocycles. The fraction of sp³-hybridized carbons (Fsp3) is 0.889. The Bertz CT molecular complexity index is 794. The molecule has 0 aromatic rings. The molecule has 4 rings (SSSR count). The van der Waals surface area contributed by atoms with Crippen LogP contribution in [0.5, 0.6) is 0 Å². The Morgan fingerprint density at radius 1 is 1.12 bits per heavy atom. The van der Waals surface area contributed by atoms with Gasteiger partial charge in [-0.25, -0.2) is 0 Å². The van der Waals surface area contributed by atoms with Crippen LogP contribution in [0.4, 0.5) is 0 Å². The van der Waals surface area contributed by atoms with E-state index in [-0.39, 0.29) is 34.9 Å². The minimum atomic E-state index is -1.93. The number of carbonyl (C=O) groups is 1. The Labute approximate surface area is 201 Å². The van der Waals surface area contributed by atoms with E-state index < -0.39 is 14.1 Å². The zero-order valence-corrected chi connectivity index (χ0v) is 23.0. The van der Waals surface area contributed by atoms with Gasteiger partial charge in [-0.05, 0) is 88.9 Å². The van der Waals surface area contributed by atoms with E-state index >= 15 is 0 Å². The molecule has 0 radical (unpaired) electrons. The van der Waals surface area contributed by atoms with Gasteiger partial charge in [0.05, 0.1) is 24.4 Å². The predicted molar refractivity (Wildman–Crippen MR) is 132 cm³/mol. The maximum Gasteiger partial charge on any atom is 0.192 e. The standard InChI is InChI=1S/C27H46O5Si/c1-8-33(9-2,10-3)32-27-14-13-23(24-17-30-25(5,6)31-24)26(27,7)16-21(18(4)28)20-15-19(29)11-12-22(20)27/h19,22-24,29H,8-17H2,1-7H3/t19?,22-,23-,24?,26-,27+/m1/s1. The number of fused-ring (bicyclic) bond motifs is 3. The van der Waals surface area contributed by atoms with Gasteiger partial charge in [-0.1, -0.05) is 33.3 Å². The molecule has 0 aromatic heterocycles. The summed E-state index contributed by atoms with van der Waals surface area (Å²) in [7, 11) is -1.93. The first-order chi connectivity index (χ1) is 15.5. The SMILES string of the molecule is CC[Si](CC)(CC)O[C@]12CC[C@H](C3COC(C)(C)O3)[C@@]1(C)CC(C(C)=O)=C1CC(O)CC[C@H]12. The van der Waals surface area contributed by atoms with E-state index in [1.165, 1.54) is 5.57 Å². The van der Waals surface area contributed by atoms with Gasteiger partial charge in [0.2, 0.25) is 0 Å². The lowest BCUT2D eigenvalue weighted by Crippen LogP contribution is -2.62. The molecule has 188 valence electrons. The highest BCUT2D eigenvalue weighted by atomic mass is 28.4. The molecular formula is C27H46O5Si. The van der Waals surface area contributed by atoms with Crippen LogP contribution in [0.1, 0.15) is 87.0 Å². The van der Waals surface area contributed by atoms with E-state index in [0.29, 0.717) is 18.9 Å². The van der Waals surface area contributed by atoms with E-state index in [1.807, 2.05) is 13.8 Å². The lowest BCUT2D eigenvalue weighted by molar-refractivity contribution is -0.163. The van der Waals surface area contributed by atoms with Crippen LogP contribution in [-0.2, 0) is 18.7 Å². The summed E-state index contributed by atoms with van der Waals surface area (Å²) < 4.78 is 20.1. The van der Waals surface area contributed by atoms with Crippen LogP contribution in [-0.4, -0.2) is 49.4 Å². The van der Waals surface area contributed by atoms with E-state index in [0.717, 1.165) is 55.8 Å². The summed E-state index contributed by atoms with van der Waals surface area (Å²) in [6.07, 6.45) is 4.79. The Hall–Kier alpha value is -0.533. The first kappa shape index (κ1) is 25.6. The molecular weight excluding hydrogens is 432 g/mol. The fourth-order valence-corrected chi connectivity index (χ4v) is 11.1. The minimum absolute atomic E-state index is 0.0281. The maximum absolute atomic E-state index is 13.0. The third kappa shape index (κ3) is 4.02. The van der Waals surface area contributed by atoms with Crippen LogP contribution in [0.3, 0.4) is 0 Å². The Kier molecular flexibility index (Phi) is 6.85. The quantitative estimate of drug-likeness (QED) is 0.471. The molecule has 4 aliphatic rings. The lowest BCUT2D eigenvalue weighted by Gasteiger charge is -2.60. The number of Topliss-reactive ketones (excluding diaryl/α,β-unsaturated/α-hetero) is 1. The van der Waals surface area contributed by atoms with Crippen LogP contribution in [0, 0.1) is 17.3 Å². The summed E-state index contributed by atoms with van der Waals surface area (Å²) in [5.41, 5.74) is 1.70. The molecule has 2 unspecified atom stereocenters. The van der Waals surface area contributed by atoms with Gasteiger partial charge in [-0.2, -0.15) is 0 Å². The number of rotatable bonds is 7. The molecule has 33 heavy (non-hydrogen) atoms. The summed E-state index contributed by atoms with van der Waals surface area (Å²) >= 11 is 0. The number of allylic oxidation sites excluding steroid dienone is 1. The summed E-state index contributed by atoms with van der Waals surface area (Å²) in [4.78, 5) is 13.0. The lowest BCUT2D eigenvalue weighted by atomic mass is 9.53. The van der Waals surface area contributed by atoms with Gasteiger partial charge in [0, 0.05) is 11.3 Å². The van der Waals surface area contributed by atoms with Crippen molar-refractivity contribution in [3.8, 4) is 0 Å². The largest absolute Gasteiger partial charge is 0.410 e. The van der Waals surface area contributed by atoms with Gasteiger partial charge in [0.25, 0.3) is 0 Å². The second-order valence-electron chi connectivity index (χ2n) is 11.9. The second kappa shape index (κ2) is 8.84. The van der Waals surface area contributed by atoms with Gasteiger partial charge in [0.15, 0.2) is 19.9 Å². The zero-order valence-electron chi connectivity index (χ0n) is 22.0. The zero-order chi connectivity index (χ0) is 24.2. The summed E-state index contributed by atoms with van der Waals surface area (Å²) in [6.45, 7) is 15.6. The molecule has 0 bridgehead atoms. The number of ether oxygens (including phenoxy) is 2. The number of aliphatic hydroxyl groups excluding tert-OH is 1. The van der Waals surface area contributed by atoms with Crippen molar-refractivity contribution >= 4 is 14.1 Å². The van der Waals surface area contributed by atoms with E-state index in [9.17, 15) is 9.90 Å². The summed E-state index contributed by atoms with van der Waals surface area (Å²) in [6, 6.07) is 3.35. The van der Waals surface area contributed by atoms with Crippen LogP contribution in [0.2, 0.25) is 18.1 Å². The smallest absolute Gasteiger partial charge is 0.192 e. The van der Waals surface area contributed by atoms with Crippen molar-refractivity contribution in [2.45, 2.75) is 129 Å². The van der Waals surface area contributed by atoms with Gasteiger partial charge in [-0.3, -0.25) is 4.79 Å². The fourth-order valence-electron chi connectivity index (χ4n) is 7.95. The predicted octanol–water partition coefficient (Wildman–Crippen LogP) is 5.77. The topological polar surface area (TPSA) is 65.0 Å². The summed E-state index contributed by atoms with van der Waals surface area (Å²) in [5, 5.41) is 10.6. The molecule has 0 amide bonds. The van der Waals surface area contributed by atoms with Crippen molar-refractivity contribution < 1.29 is 23.8 Å². The van der Waals surface area contributed by atoms with Crippen molar-refractivity contribution in [3.63, 3.8) is 0 Å². The normalized spacial score (nSPS) is 40.6. The van der Waals surface area contributed by atoms with Gasteiger partial charge >= 0.3 is 0 Å². The Morgan fingerprint density at radius 2 is 1.79 bits per heavy atom. The van der Waals surface area contributed by atoms with Crippen LogP contribution < -0.4 is 0 Å². The number of hydrogen-bond acceptors (Lipinski definition) is 5. The van der Waals surface area contributed by atoms with Crippen LogP contribution in [0.15, 0.2) is 11.1 Å². The molecule has 2 saturated carbocycles. The average Bonchev–Trinajstić information content (AvgIpc) is 3.27. The highest BCUT2D eigenvalue weighted by Gasteiger charge is 2.68. The monoisotopic (exact) mass is 478 g/mol. The Morgan fingerprint density at radius 3 is 2.33 bits per heavy atom. The van der Waals surface area contributed by atoms with E-state index in [1.54, 1.807) is 6.92 Å². The molecule has 0 spiro atoms. The highest BCUT2D eigenvalue weighted by molar-refractivity contribution is 6.73. The highest BCUT2D eigenvalue weighted by Crippen LogP contribution is 2.67. The molecule has 6 atom stereocenters. The van der Waals surface area contributed by atoms with Crippen LogP contribution in [0.25, 0.3) is 0 Å². The van der Waals surface area contributed by atoms with Crippen molar-refractivity contribution in [1.82, 2.24) is 0 Å². The van der Waals surface area contributed by atoms with Crippen molar-refractivity contribution in [2.24, 2.45) is 17.3 Å². The maximum atomic E-state index is 13.0. The first-order valence-electron chi connectivity index (χ1n) is 13.4. The summed E-state index contributed by atoms with van der Waals surface area (Å²) in [5.74, 6) is 0.115. The minimum Gasteiger partial charge on any atom is -0.410 e. The number of carbonyl (C=O) groups excluding carboxylic acids is 1. The molecule has 3 fully saturated rings. The van der Waals surface area contributed by atoms with Gasteiger partial charge in [-0.15, -0.1) is 0 Å². The molecule has 1 saturated heterocycles. The number of ketones is 1. The van der Waals surface area contributed by atoms with Gasteiger partial charge < -0.3 is 19.0 Å². The molecule has 5 nitrogen and oxygen atoms in total. The molecule has 1 aliphatic heterocycles. The third-order valence-electron chi connectivity index (χ3n) is 10.0.